The van der Waals surface area contributed by atoms with Crippen LogP contribution in [0.2, 0.25) is 0 Å². The third-order valence-electron chi connectivity index (χ3n) is 2.34. The molecule has 0 aliphatic carbocycles. The van der Waals surface area contributed by atoms with Crippen molar-refractivity contribution in [2.75, 3.05) is 13.2 Å². The highest BCUT2D eigenvalue weighted by Crippen LogP contribution is 2.54. The molecule has 1 heterocycles. The minimum Gasteiger partial charge on any atom is -0.287 e. The maximum atomic E-state index is 12.0. The molecule has 1 saturated heterocycles. The van der Waals surface area contributed by atoms with Crippen molar-refractivity contribution in [2.45, 2.75) is 19.4 Å². The number of rotatable bonds is 3. The third kappa shape index (κ3) is 2.92. The zero-order valence-electron chi connectivity index (χ0n) is 9.17. The molecule has 0 amide bonds. The predicted octanol–water partition coefficient (Wildman–Crippen LogP) is 3.31. The van der Waals surface area contributed by atoms with Crippen molar-refractivity contribution in [3.63, 3.8) is 0 Å². The van der Waals surface area contributed by atoms with E-state index in [1.54, 1.807) is 0 Å². The summed E-state index contributed by atoms with van der Waals surface area (Å²) in [6, 6.07) is 9.58. The van der Waals surface area contributed by atoms with Crippen LogP contribution >= 0.6 is 7.82 Å². The molecular formula is C11H15O4P. The van der Waals surface area contributed by atoms with Crippen molar-refractivity contribution in [3.8, 4) is 0 Å². The van der Waals surface area contributed by atoms with Crippen molar-refractivity contribution in [1.29, 1.82) is 0 Å². The van der Waals surface area contributed by atoms with Gasteiger partial charge in [-0.05, 0) is 18.9 Å². The van der Waals surface area contributed by atoms with Crippen molar-refractivity contribution in [1.82, 2.24) is 0 Å². The number of phosphoric ester groups is 1. The summed E-state index contributed by atoms with van der Waals surface area (Å²) in [6.07, 6.45) is 0.456. The van der Waals surface area contributed by atoms with Crippen molar-refractivity contribution in [3.05, 3.63) is 35.9 Å². The summed E-state index contributed by atoms with van der Waals surface area (Å²) in [6.45, 7) is 2.69. The van der Waals surface area contributed by atoms with Gasteiger partial charge in [-0.3, -0.25) is 13.6 Å². The summed E-state index contributed by atoms with van der Waals surface area (Å²) in [7, 11) is -3.34. The number of hydrogen-bond donors (Lipinski definition) is 0. The molecule has 2 rings (SSSR count). The van der Waals surface area contributed by atoms with Crippen LogP contribution in [0.5, 0.6) is 0 Å². The van der Waals surface area contributed by atoms with Crippen LogP contribution in [0.3, 0.4) is 0 Å². The van der Waals surface area contributed by atoms with Crippen LogP contribution in [0.4, 0.5) is 0 Å². The van der Waals surface area contributed by atoms with Gasteiger partial charge in [0.2, 0.25) is 0 Å². The molecule has 0 bridgehead atoms. The molecule has 0 N–H and O–H groups in total. The molecular weight excluding hydrogens is 227 g/mol. The van der Waals surface area contributed by atoms with Gasteiger partial charge in [0.1, 0.15) is 0 Å². The van der Waals surface area contributed by atoms with E-state index >= 15 is 0 Å². The molecule has 0 radical (unpaired) electrons. The normalized spacial score (nSPS) is 21.6. The summed E-state index contributed by atoms with van der Waals surface area (Å²) < 4.78 is 27.5. The van der Waals surface area contributed by atoms with Crippen LogP contribution in [0, 0.1) is 0 Å². The molecule has 1 aromatic carbocycles. The molecule has 1 aliphatic rings. The second-order valence-electron chi connectivity index (χ2n) is 3.63. The van der Waals surface area contributed by atoms with E-state index in [0.29, 0.717) is 13.2 Å². The number of phosphoric acid groups is 1. The molecule has 1 aromatic rings. The quantitative estimate of drug-likeness (QED) is 0.763. The lowest BCUT2D eigenvalue weighted by Crippen LogP contribution is -2.11. The molecule has 0 spiro atoms. The highest BCUT2D eigenvalue weighted by molar-refractivity contribution is 7.48. The summed E-state index contributed by atoms with van der Waals surface area (Å²) >= 11 is 0. The molecule has 1 unspecified atom stereocenters. The fraction of sp³-hybridized carbons (Fsp3) is 0.455. The monoisotopic (exact) mass is 242 g/mol. The van der Waals surface area contributed by atoms with Gasteiger partial charge in [-0.2, -0.15) is 0 Å². The summed E-state index contributed by atoms with van der Waals surface area (Å²) in [4.78, 5) is 0. The van der Waals surface area contributed by atoms with E-state index < -0.39 is 7.82 Å². The first-order chi connectivity index (χ1) is 7.70. The molecule has 0 aromatic heterocycles. The Balaban J connectivity index is 2.01. The second kappa shape index (κ2) is 5.11. The third-order valence-corrected chi connectivity index (χ3v) is 3.92. The van der Waals surface area contributed by atoms with Gasteiger partial charge in [0.25, 0.3) is 0 Å². The van der Waals surface area contributed by atoms with Crippen LogP contribution < -0.4 is 0 Å². The van der Waals surface area contributed by atoms with E-state index in [1.165, 1.54) is 0 Å². The van der Waals surface area contributed by atoms with E-state index in [1.807, 2.05) is 37.3 Å². The lowest BCUT2D eigenvalue weighted by Gasteiger charge is -2.25. The van der Waals surface area contributed by atoms with Gasteiger partial charge in [0.15, 0.2) is 0 Å². The van der Waals surface area contributed by atoms with E-state index in [4.69, 9.17) is 13.6 Å². The average molecular weight is 242 g/mol. The van der Waals surface area contributed by atoms with Gasteiger partial charge >= 0.3 is 7.82 Å². The predicted molar refractivity (Wildman–Crippen MR) is 60.1 cm³/mol. The highest BCUT2D eigenvalue weighted by Gasteiger charge is 2.32. The Morgan fingerprint density at radius 3 is 2.50 bits per heavy atom. The Kier molecular flexibility index (Phi) is 3.77. The van der Waals surface area contributed by atoms with Gasteiger partial charge in [0.05, 0.1) is 19.3 Å². The Labute approximate surface area is 95.1 Å². The Morgan fingerprint density at radius 1 is 1.25 bits per heavy atom. The number of hydrogen-bond acceptors (Lipinski definition) is 4. The zero-order chi connectivity index (χ0) is 11.4. The topological polar surface area (TPSA) is 44.8 Å². The van der Waals surface area contributed by atoms with Crippen molar-refractivity contribution in [2.24, 2.45) is 0 Å². The van der Waals surface area contributed by atoms with E-state index in [0.717, 1.165) is 12.0 Å². The summed E-state index contributed by atoms with van der Waals surface area (Å²) in [5, 5.41) is 0. The number of benzene rings is 1. The van der Waals surface area contributed by atoms with Gasteiger partial charge in [-0.1, -0.05) is 30.3 Å². The maximum Gasteiger partial charge on any atom is 0.475 e. The van der Waals surface area contributed by atoms with E-state index in [2.05, 4.69) is 0 Å². The lowest BCUT2D eigenvalue weighted by molar-refractivity contribution is 0.0534. The largest absolute Gasteiger partial charge is 0.475 e. The van der Waals surface area contributed by atoms with Crippen LogP contribution in [0.15, 0.2) is 30.3 Å². The first-order valence-electron chi connectivity index (χ1n) is 5.32. The van der Waals surface area contributed by atoms with Gasteiger partial charge in [-0.15, -0.1) is 0 Å². The minimum absolute atomic E-state index is 0.301. The fourth-order valence-corrected chi connectivity index (χ4v) is 2.90. The first kappa shape index (κ1) is 11.8. The smallest absolute Gasteiger partial charge is 0.287 e. The summed E-state index contributed by atoms with van der Waals surface area (Å²) in [5.41, 5.74) is 0.954. The average Bonchev–Trinajstić information content (AvgIpc) is 2.30. The molecule has 1 atom stereocenters. The Bertz CT molecular complexity index is 369. The standard InChI is InChI=1S/C11H15O4P/c1-10(11-6-3-2-4-7-11)15-16(12)13-8-5-9-14-16/h2-4,6-7,10H,5,8-9H2,1H3. The van der Waals surface area contributed by atoms with E-state index in [-0.39, 0.29) is 6.10 Å². The van der Waals surface area contributed by atoms with Crippen LogP contribution in [0.1, 0.15) is 25.0 Å². The zero-order valence-corrected chi connectivity index (χ0v) is 10.1. The van der Waals surface area contributed by atoms with Gasteiger partial charge in [0, 0.05) is 0 Å². The molecule has 0 saturated carbocycles. The SMILES string of the molecule is CC(OP1(=O)OCCCO1)c1ccccc1. The maximum absolute atomic E-state index is 12.0. The fourth-order valence-electron chi connectivity index (χ4n) is 1.49. The molecule has 1 aliphatic heterocycles. The molecule has 16 heavy (non-hydrogen) atoms. The van der Waals surface area contributed by atoms with Gasteiger partial charge < -0.3 is 0 Å². The van der Waals surface area contributed by atoms with Crippen LogP contribution in [0.25, 0.3) is 0 Å². The molecule has 1 fully saturated rings. The Morgan fingerprint density at radius 2 is 1.88 bits per heavy atom. The minimum atomic E-state index is -3.34. The van der Waals surface area contributed by atoms with E-state index in [9.17, 15) is 4.57 Å². The van der Waals surface area contributed by atoms with Crippen molar-refractivity contribution >= 4 is 7.82 Å². The second-order valence-corrected chi connectivity index (χ2v) is 5.25. The molecule has 4 nitrogen and oxygen atoms in total. The van der Waals surface area contributed by atoms with Crippen molar-refractivity contribution < 1.29 is 18.1 Å². The highest BCUT2D eigenvalue weighted by atomic mass is 31.2. The van der Waals surface area contributed by atoms with Gasteiger partial charge in [-0.25, -0.2) is 4.57 Å². The Hall–Kier alpha value is -0.670. The lowest BCUT2D eigenvalue weighted by atomic mass is 10.1. The van der Waals surface area contributed by atoms with Crippen LogP contribution in [-0.4, -0.2) is 13.2 Å². The molecule has 5 heteroatoms. The van der Waals surface area contributed by atoms with Crippen LogP contribution in [-0.2, 0) is 18.1 Å². The molecule has 88 valence electrons. The summed E-state index contributed by atoms with van der Waals surface area (Å²) in [5.74, 6) is 0. The first-order valence-corrected chi connectivity index (χ1v) is 6.78.